The van der Waals surface area contributed by atoms with Gasteiger partial charge in [0.05, 0.1) is 11.0 Å². The number of anilines is 2. The Morgan fingerprint density at radius 2 is 1.38 bits per heavy atom. The van der Waals surface area contributed by atoms with E-state index in [1.807, 2.05) is 23.1 Å². The van der Waals surface area contributed by atoms with Crippen LogP contribution in [0.25, 0.3) is 11.0 Å². The second-order valence-corrected chi connectivity index (χ2v) is 7.47. The van der Waals surface area contributed by atoms with Gasteiger partial charge < -0.3 is 14.7 Å². The molecule has 0 atom stereocenters. The first-order chi connectivity index (χ1) is 14.3. The second-order valence-electron chi connectivity index (χ2n) is 7.47. The molecule has 8 heteroatoms. The van der Waals surface area contributed by atoms with Crippen LogP contribution in [0.1, 0.15) is 23.2 Å². The molecule has 1 aromatic carbocycles. The van der Waals surface area contributed by atoms with Gasteiger partial charge in [-0.25, -0.2) is 9.97 Å². The topological polar surface area (TPSA) is 78.4 Å². The average molecular weight is 389 g/mol. The highest BCUT2D eigenvalue weighted by Crippen LogP contribution is 2.22. The summed E-state index contributed by atoms with van der Waals surface area (Å²) < 4.78 is 0. The van der Waals surface area contributed by atoms with Crippen LogP contribution in [-0.2, 0) is 0 Å². The molecule has 0 N–H and O–H groups in total. The summed E-state index contributed by atoms with van der Waals surface area (Å²) in [5.74, 6) is 1.98. The van der Waals surface area contributed by atoms with Gasteiger partial charge >= 0.3 is 0 Å². The summed E-state index contributed by atoms with van der Waals surface area (Å²) in [4.78, 5) is 36.9. The second kappa shape index (κ2) is 7.62. The number of fused-ring (bicyclic) bond motifs is 1. The Kier molecular flexibility index (Phi) is 4.67. The lowest BCUT2D eigenvalue weighted by Gasteiger charge is -2.35. The van der Waals surface area contributed by atoms with Gasteiger partial charge in [-0.3, -0.25) is 14.8 Å². The molecule has 0 saturated carbocycles. The van der Waals surface area contributed by atoms with Crippen LogP contribution in [-0.4, -0.2) is 70.0 Å². The van der Waals surface area contributed by atoms with Crippen molar-refractivity contribution in [3.8, 4) is 0 Å². The minimum atomic E-state index is 0.0395. The van der Waals surface area contributed by atoms with Gasteiger partial charge in [-0.2, -0.15) is 0 Å². The van der Waals surface area contributed by atoms with Crippen molar-refractivity contribution in [1.29, 1.82) is 0 Å². The molecule has 8 nitrogen and oxygen atoms in total. The summed E-state index contributed by atoms with van der Waals surface area (Å²) in [5.41, 5.74) is 2.20. The van der Waals surface area contributed by atoms with E-state index in [9.17, 15) is 4.79 Å². The lowest BCUT2D eigenvalue weighted by atomic mass is 10.1. The van der Waals surface area contributed by atoms with Crippen LogP contribution in [0.5, 0.6) is 0 Å². The molecular weight excluding hydrogens is 366 g/mol. The molecule has 29 heavy (non-hydrogen) atoms. The molecule has 2 aliphatic heterocycles. The summed E-state index contributed by atoms with van der Waals surface area (Å²) in [5, 5.41) is 0. The number of rotatable bonds is 3. The van der Waals surface area contributed by atoms with Gasteiger partial charge in [0.2, 0.25) is 0 Å². The molecule has 0 spiro atoms. The van der Waals surface area contributed by atoms with Crippen LogP contribution < -0.4 is 9.80 Å². The molecule has 2 aliphatic rings. The van der Waals surface area contributed by atoms with Gasteiger partial charge in [0.15, 0.2) is 0 Å². The predicted octanol–water partition coefficient (Wildman–Crippen LogP) is 1.98. The maximum Gasteiger partial charge on any atom is 0.254 e. The number of aromatic nitrogens is 4. The largest absolute Gasteiger partial charge is 0.356 e. The fourth-order valence-electron chi connectivity index (χ4n) is 4.05. The van der Waals surface area contributed by atoms with E-state index in [0.29, 0.717) is 18.7 Å². The van der Waals surface area contributed by atoms with Crippen molar-refractivity contribution >= 4 is 28.6 Å². The fraction of sp³-hybridized carbons (Fsp3) is 0.381. The third kappa shape index (κ3) is 3.57. The maximum absolute atomic E-state index is 12.9. The smallest absolute Gasteiger partial charge is 0.254 e. The van der Waals surface area contributed by atoms with Crippen LogP contribution >= 0.6 is 0 Å². The molecule has 0 radical (unpaired) electrons. The normalized spacial score (nSPS) is 17.2. The van der Waals surface area contributed by atoms with Gasteiger partial charge in [-0.15, -0.1) is 0 Å². The highest BCUT2D eigenvalue weighted by Gasteiger charge is 2.24. The van der Waals surface area contributed by atoms with E-state index in [2.05, 4.69) is 35.8 Å². The number of carbonyl (C=O) groups is 1. The Morgan fingerprint density at radius 3 is 2.10 bits per heavy atom. The van der Waals surface area contributed by atoms with E-state index in [1.54, 1.807) is 18.7 Å². The van der Waals surface area contributed by atoms with Crippen molar-refractivity contribution in [2.24, 2.45) is 0 Å². The summed E-state index contributed by atoms with van der Waals surface area (Å²) in [6.07, 6.45) is 7.40. The summed E-state index contributed by atoms with van der Waals surface area (Å²) in [7, 11) is 0. The van der Waals surface area contributed by atoms with Crippen molar-refractivity contribution in [1.82, 2.24) is 24.8 Å². The van der Waals surface area contributed by atoms with Gasteiger partial charge in [0, 0.05) is 63.3 Å². The zero-order valence-electron chi connectivity index (χ0n) is 16.2. The molecule has 0 bridgehead atoms. The van der Waals surface area contributed by atoms with Crippen LogP contribution in [0.2, 0.25) is 0 Å². The number of carbonyl (C=O) groups excluding carboxylic acids is 1. The molecular formula is C21H23N7O. The Labute approximate surface area is 169 Å². The standard InChI is InChI=1S/C21H23N7O/c29-21(16-3-4-17-18(13-16)23-6-5-22-17)28-11-9-27(10-12-28)20-14-19(24-15-25-20)26-7-1-2-8-26/h3-6,13-15H,1-2,7-12H2. The van der Waals surface area contributed by atoms with Crippen molar-refractivity contribution in [2.75, 3.05) is 49.1 Å². The summed E-state index contributed by atoms with van der Waals surface area (Å²) in [6.45, 7) is 4.98. The lowest BCUT2D eigenvalue weighted by molar-refractivity contribution is 0.0746. The molecule has 1 amide bonds. The molecule has 0 aliphatic carbocycles. The molecule has 2 fully saturated rings. The molecule has 4 heterocycles. The van der Waals surface area contributed by atoms with E-state index in [4.69, 9.17) is 0 Å². The molecule has 2 saturated heterocycles. The van der Waals surface area contributed by atoms with Gasteiger partial charge in [0.1, 0.15) is 18.0 Å². The first-order valence-electron chi connectivity index (χ1n) is 10.1. The quantitative estimate of drug-likeness (QED) is 0.678. The Bertz CT molecular complexity index is 1030. The summed E-state index contributed by atoms with van der Waals surface area (Å²) in [6, 6.07) is 7.58. The summed E-state index contributed by atoms with van der Waals surface area (Å²) >= 11 is 0. The Morgan fingerprint density at radius 1 is 0.724 bits per heavy atom. The van der Waals surface area contributed by atoms with Crippen LogP contribution in [0.15, 0.2) is 43.0 Å². The number of amides is 1. The van der Waals surface area contributed by atoms with Crippen molar-refractivity contribution in [3.05, 3.63) is 48.5 Å². The van der Waals surface area contributed by atoms with E-state index in [0.717, 1.165) is 48.8 Å². The van der Waals surface area contributed by atoms with Gasteiger partial charge in [0.25, 0.3) is 5.91 Å². The average Bonchev–Trinajstić information content (AvgIpc) is 3.34. The highest BCUT2D eigenvalue weighted by atomic mass is 16.2. The van der Waals surface area contributed by atoms with Gasteiger partial charge in [-0.05, 0) is 31.0 Å². The van der Waals surface area contributed by atoms with Crippen LogP contribution in [0.3, 0.4) is 0 Å². The minimum absolute atomic E-state index is 0.0395. The van der Waals surface area contributed by atoms with E-state index < -0.39 is 0 Å². The van der Waals surface area contributed by atoms with Crippen LogP contribution in [0, 0.1) is 0 Å². The highest BCUT2D eigenvalue weighted by molar-refractivity contribution is 5.97. The van der Waals surface area contributed by atoms with Crippen molar-refractivity contribution < 1.29 is 4.79 Å². The van der Waals surface area contributed by atoms with Crippen molar-refractivity contribution in [2.45, 2.75) is 12.8 Å². The zero-order chi connectivity index (χ0) is 19.6. The van der Waals surface area contributed by atoms with Crippen molar-refractivity contribution in [3.63, 3.8) is 0 Å². The lowest BCUT2D eigenvalue weighted by Crippen LogP contribution is -2.49. The SMILES string of the molecule is O=C(c1ccc2nccnc2c1)N1CCN(c2cc(N3CCCC3)ncn2)CC1. The third-order valence-electron chi connectivity index (χ3n) is 5.68. The molecule has 5 rings (SSSR count). The zero-order valence-corrected chi connectivity index (χ0v) is 16.2. The fourth-order valence-corrected chi connectivity index (χ4v) is 4.05. The first kappa shape index (κ1) is 17.8. The Hall–Kier alpha value is -3.29. The van der Waals surface area contributed by atoms with Crippen LogP contribution in [0.4, 0.5) is 11.6 Å². The number of hydrogen-bond donors (Lipinski definition) is 0. The molecule has 148 valence electrons. The monoisotopic (exact) mass is 389 g/mol. The number of nitrogens with zero attached hydrogens (tertiary/aromatic N) is 7. The van der Waals surface area contributed by atoms with E-state index in [-0.39, 0.29) is 5.91 Å². The Balaban J connectivity index is 1.26. The number of piperazine rings is 1. The van der Waals surface area contributed by atoms with E-state index in [1.165, 1.54) is 12.8 Å². The predicted molar refractivity (Wildman–Crippen MR) is 111 cm³/mol. The number of benzene rings is 1. The number of hydrogen-bond acceptors (Lipinski definition) is 7. The minimum Gasteiger partial charge on any atom is -0.356 e. The van der Waals surface area contributed by atoms with E-state index >= 15 is 0 Å². The molecule has 2 aromatic heterocycles. The first-order valence-corrected chi connectivity index (χ1v) is 10.1. The van der Waals surface area contributed by atoms with Gasteiger partial charge in [-0.1, -0.05) is 0 Å². The third-order valence-corrected chi connectivity index (χ3v) is 5.68. The molecule has 3 aromatic rings. The maximum atomic E-state index is 12.9. The molecule has 0 unspecified atom stereocenters.